The molecule has 0 radical (unpaired) electrons. The molecule has 3 aromatic rings. The normalized spacial score (nSPS) is 11.1. The standard InChI is InChI=1S/C16H10Cl3N3O2/c17-12-5-1-3-10(7-12)16-21-14(24-22-16)9-23-20-8-11-4-2-6-13(18)15(11)19/h1-8H,9H2/b20-8-. The van der Waals surface area contributed by atoms with Gasteiger partial charge in [0.2, 0.25) is 5.82 Å². The van der Waals surface area contributed by atoms with Gasteiger partial charge in [0, 0.05) is 16.1 Å². The van der Waals surface area contributed by atoms with Gasteiger partial charge in [0.1, 0.15) is 0 Å². The van der Waals surface area contributed by atoms with Gasteiger partial charge in [-0.1, -0.05) is 69.4 Å². The van der Waals surface area contributed by atoms with Crippen LogP contribution < -0.4 is 0 Å². The van der Waals surface area contributed by atoms with Crippen LogP contribution in [0.3, 0.4) is 0 Å². The summed E-state index contributed by atoms with van der Waals surface area (Å²) in [5.41, 5.74) is 1.40. The van der Waals surface area contributed by atoms with Crippen LogP contribution in [0, 0.1) is 0 Å². The molecule has 0 aliphatic carbocycles. The first kappa shape index (κ1) is 16.8. The zero-order chi connectivity index (χ0) is 16.9. The molecular formula is C16H10Cl3N3O2. The Bertz CT molecular complexity index is 881. The molecule has 0 N–H and O–H groups in total. The highest BCUT2D eigenvalue weighted by atomic mass is 35.5. The second-order valence-electron chi connectivity index (χ2n) is 4.67. The summed E-state index contributed by atoms with van der Waals surface area (Å²) in [6, 6.07) is 12.4. The zero-order valence-corrected chi connectivity index (χ0v) is 14.4. The van der Waals surface area contributed by atoms with Crippen LogP contribution in [0.4, 0.5) is 0 Å². The fraction of sp³-hybridized carbons (Fsp3) is 0.0625. The highest BCUT2D eigenvalue weighted by molar-refractivity contribution is 6.43. The van der Waals surface area contributed by atoms with Gasteiger partial charge in [-0.15, -0.1) is 0 Å². The van der Waals surface area contributed by atoms with Crippen molar-refractivity contribution in [2.45, 2.75) is 6.61 Å². The predicted molar refractivity (Wildman–Crippen MR) is 93.6 cm³/mol. The molecule has 0 spiro atoms. The number of nitrogens with zero attached hydrogens (tertiary/aromatic N) is 3. The van der Waals surface area contributed by atoms with Crippen molar-refractivity contribution in [1.29, 1.82) is 0 Å². The Hall–Kier alpha value is -2.08. The Morgan fingerprint density at radius 3 is 2.79 bits per heavy atom. The highest BCUT2D eigenvalue weighted by Gasteiger charge is 2.09. The van der Waals surface area contributed by atoms with Gasteiger partial charge in [-0.2, -0.15) is 4.98 Å². The summed E-state index contributed by atoms with van der Waals surface area (Å²) in [6.45, 7) is 0.0300. The zero-order valence-electron chi connectivity index (χ0n) is 12.1. The molecule has 5 nitrogen and oxygen atoms in total. The lowest BCUT2D eigenvalue weighted by atomic mass is 10.2. The smallest absolute Gasteiger partial charge is 0.267 e. The van der Waals surface area contributed by atoms with Crippen LogP contribution in [0.2, 0.25) is 15.1 Å². The molecule has 0 atom stereocenters. The summed E-state index contributed by atoms with van der Waals surface area (Å²) in [7, 11) is 0. The summed E-state index contributed by atoms with van der Waals surface area (Å²) < 4.78 is 5.10. The van der Waals surface area contributed by atoms with Crippen LogP contribution >= 0.6 is 34.8 Å². The monoisotopic (exact) mass is 381 g/mol. The van der Waals surface area contributed by atoms with Crippen molar-refractivity contribution in [3.63, 3.8) is 0 Å². The number of benzene rings is 2. The van der Waals surface area contributed by atoms with E-state index in [2.05, 4.69) is 15.3 Å². The van der Waals surface area contributed by atoms with Gasteiger partial charge in [0.25, 0.3) is 5.89 Å². The largest absolute Gasteiger partial charge is 0.386 e. The van der Waals surface area contributed by atoms with E-state index in [9.17, 15) is 0 Å². The van der Waals surface area contributed by atoms with Gasteiger partial charge in [-0.3, -0.25) is 0 Å². The van der Waals surface area contributed by atoms with Crippen LogP contribution in [0.5, 0.6) is 0 Å². The van der Waals surface area contributed by atoms with Crippen LogP contribution in [0.15, 0.2) is 52.1 Å². The van der Waals surface area contributed by atoms with Crippen molar-refractivity contribution in [2.75, 3.05) is 0 Å². The number of hydrogen-bond acceptors (Lipinski definition) is 5. The van der Waals surface area contributed by atoms with Gasteiger partial charge in [0.05, 0.1) is 16.3 Å². The van der Waals surface area contributed by atoms with E-state index in [0.717, 1.165) is 5.56 Å². The molecular weight excluding hydrogens is 373 g/mol. The Kier molecular flexibility index (Phi) is 5.35. The second kappa shape index (κ2) is 7.66. The van der Waals surface area contributed by atoms with E-state index < -0.39 is 0 Å². The van der Waals surface area contributed by atoms with Gasteiger partial charge in [-0.25, -0.2) is 0 Å². The molecule has 3 rings (SSSR count). The van der Waals surface area contributed by atoms with Crippen molar-refractivity contribution in [3.8, 4) is 11.4 Å². The third kappa shape index (κ3) is 4.06. The average molecular weight is 383 g/mol. The van der Waals surface area contributed by atoms with E-state index in [1.165, 1.54) is 6.21 Å². The molecule has 0 saturated carbocycles. The molecule has 2 aromatic carbocycles. The van der Waals surface area contributed by atoms with E-state index >= 15 is 0 Å². The van der Waals surface area contributed by atoms with E-state index in [-0.39, 0.29) is 6.61 Å². The van der Waals surface area contributed by atoms with Crippen molar-refractivity contribution < 1.29 is 9.36 Å². The number of aromatic nitrogens is 2. The van der Waals surface area contributed by atoms with Gasteiger partial charge >= 0.3 is 0 Å². The maximum absolute atomic E-state index is 6.04. The van der Waals surface area contributed by atoms with Crippen molar-refractivity contribution in [2.24, 2.45) is 5.16 Å². The fourth-order valence-corrected chi connectivity index (χ4v) is 2.41. The van der Waals surface area contributed by atoms with Crippen LogP contribution in [-0.2, 0) is 11.4 Å². The first-order chi connectivity index (χ1) is 11.6. The minimum Gasteiger partial charge on any atom is -0.386 e. The summed E-state index contributed by atoms with van der Waals surface area (Å²) in [5.74, 6) is 0.720. The first-order valence-electron chi connectivity index (χ1n) is 6.81. The maximum atomic E-state index is 6.04. The topological polar surface area (TPSA) is 60.5 Å². The Labute approximate surface area is 152 Å². The third-order valence-corrected chi connectivity index (χ3v) is 4.06. The Balaban J connectivity index is 1.62. The first-order valence-corrected chi connectivity index (χ1v) is 7.95. The second-order valence-corrected chi connectivity index (χ2v) is 5.89. The molecule has 0 amide bonds. The molecule has 1 heterocycles. The van der Waals surface area contributed by atoms with Crippen molar-refractivity contribution >= 4 is 41.0 Å². The minimum absolute atomic E-state index is 0.0300. The van der Waals surface area contributed by atoms with Gasteiger partial charge in [-0.05, 0) is 18.2 Å². The lowest BCUT2D eigenvalue weighted by molar-refractivity contribution is 0.107. The summed E-state index contributed by atoms with van der Waals surface area (Å²) >= 11 is 17.9. The minimum atomic E-state index is 0.0300. The summed E-state index contributed by atoms with van der Waals surface area (Å²) in [4.78, 5) is 9.35. The van der Waals surface area contributed by atoms with Gasteiger partial charge in [0.15, 0.2) is 6.61 Å². The van der Waals surface area contributed by atoms with E-state index in [1.54, 1.807) is 30.3 Å². The number of oxime groups is 1. The van der Waals surface area contributed by atoms with E-state index in [1.807, 2.05) is 12.1 Å². The van der Waals surface area contributed by atoms with Crippen molar-refractivity contribution in [1.82, 2.24) is 10.1 Å². The molecule has 0 unspecified atom stereocenters. The van der Waals surface area contributed by atoms with E-state index in [4.69, 9.17) is 44.2 Å². The molecule has 1 aromatic heterocycles. The molecule has 0 aliphatic heterocycles. The number of halogens is 3. The summed E-state index contributed by atoms with van der Waals surface area (Å²) in [6.07, 6.45) is 1.46. The van der Waals surface area contributed by atoms with Crippen LogP contribution in [0.25, 0.3) is 11.4 Å². The van der Waals surface area contributed by atoms with E-state index in [0.29, 0.717) is 32.3 Å². The summed E-state index contributed by atoms with van der Waals surface area (Å²) in [5, 5.41) is 9.15. The molecule has 8 heteroatoms. The van der Waals surface area contributed by atoms with Crippen molar-refractivity contribution in [3.05, 3.63) is 69.0 Å². The molecule has 0 fully saturated rings. The lowest BCUT2D eigenvalue weighted by Gasteiger charge is -1.99. The maximum Gasteiger partial charge on any atom is 0.267 e. The lowest BCUT2D eigenvalue weighted by Crippen LogP contribution is -1.90. The molecule has 0 bridgehead atoms. The van der Waals surface area contributed by atoms with Gasteiger partial charge < -0.3 is 9.36 Å². The quantitative estimate of drug-likeness (QED) is 0.447. The average Bonchev–Trinajstić information content (AvgIpc) is 3.04. The SMILES string of the molecule is Clc1cccc(-c2noc(CO/N=C\c3cccc(Cl)c3Cl)n2)c1. The highest BCUT2D eigenvalue weighted by Crippen LogP contribution is 2.24. The molecule has 24 heavy (non-hydrogen) atoms. The van der Waals surface area contributed by atoms with Crippen LogP contribution in [-0.4, -0.2) is 16.4 Å². The number of hydrogen-bond donors (Lipinski definition) is 0. The Morgan fingerprint density at radius 1 is 1.12 bits per heavy atom. The predicted octanol–water partition coefficient (Wildman–Crippen LogP) is 5.25. The fourth-order valence-electron chi connectivity index (χ4n) is 1.87. The molecule has 0 saturated heterocycles. The third-order valence-electron chi connectivity index (χ3n) is 2.99. The molecule has 0 aliphatic rings. The number of rotatable bonds is 5. The Morgan fingerprint density at radius 2 is 1.96 bits per heavy atom. The molecule has 122 valence electrons. The van der Waals surface area contributed by atoms with Crippen LogP contribution in [0.1, 0.15) is 11.5 Å².